The molecule has 0 spiro atoms. The Morgan fingerprint density at radius 2 is 2.09 bits per heavy atom. The standard InChI is InChI=1S/C17H25N3O3/c1-11(2)8-13(18)17(22)19-9-14-16(20-15(21)10-23-14)12-6-4-3-5-7-12/h3-7,11,13-14,16H,8-10,18H2,1-2H3,(H,19,22)(H,20,21)/t13-,14+,16-/m1/s1. The van der Waals surface area contributed by atoms with Crippen LogP contribution in [0.15, 0.2) is 30.3 Å². The Hall–Kier alpha value is -1.92. The largest absolute Gasteiger partial charge is 0.364 e. The number of carbonyl (C=O) groups excluding carboxylic acids is 2. The van der Waals surface area contributed by atoms with Crippen LogP contribution in [0.4, 0.5) is 0 Å². The van der Waals surface area contributed by atoms with E-state index in [1.54, 1.807) is 0 Å². The number of morpholine rings is 1. The van der Waals surface area contributed by atoms with Crippen molar-refractivity contribution in [2.75, 3.05) is 13.2 Å². The smallest absolute Gasteiger partial charge is 0.246 e. The average molecular weight is 319 g/mol. The lowest BCUT2D eigenvalue weighted by Gasteiger charge is -2.33. The molecule has 0 aliphatic carbocycles. The van der Waals surface area contributed by atoms with Gasteiger partial charge in [0.2, 0.25) is 11.8 Å². The van der Waals surface area contributed by atoms with Crippen molar-refractivity contribution in [1.29, 1.82) is 0 Å². The molecule has 1 aliphatic heterocycles. The molecule has 3 atom stereocenters. The van der Waals surface area contributed by atoms with Crippen LogP contribution in [0, 0.1) is 5.92 Å². The molecule has 1 aliphatic rings. The zero-order valence-electron chi connectivity index (χ0n) is 13.6. The topological polar surface area (TPSA) is 93.5 Å². The number of amides is 2. The normalized spacial score (nSPS) is 22.5. The summed E-state index contributed by atoms with van der Waals surface area (Å²) >= 11 is 0. The van der Waals surface area contributed by atoms with E-state index in [4.69, 9.17) is 10.5 Å². The molecule has 126 valence electrons. The van der Waals surface area contributed by atoms with Crippen molar-refractivity contribution < 1.29 is 14.3 Å². The zero-order valence-corrected chi connectivity index (χ0v) is 13.6. The van der Waals surface area contributed by atoms with Crippen LogP contribution < -0.4 is 16.4 Å². The molecule has 1 fully saturated rings. The summed E-state index contributed by atoms with van der Waals surface area (Å²) in [5.41, 5.74) is 6.83. The van der Waals surface area contributed by atoms with Gasteiger partial charge in [-0.1, -0.05) is 44.2 Å². The zero-order chi connectivity index (χ0) is 16.8. The molecule has 4 N–H and O–H groups in total. The van der Waals surface area contributed by atoms with Crippen LogP contribution in [0.25, 0.3) is 0 Å². The molecule has 0 saturated carbocycles. The highest BCUT2D eigenvalue weighted by Crippen LogP contribution is 2.21. The lowest BCUT2D eigenvalue weighted by molar-refractivity contribution is -0.137. The summed E-state index contributed by atoms with van der Waals surface area (Å²) in [6, 6.07) is 8.78. The Morgan fingerprint density at radius 3 is 2.74 bits per heavy atom. The Balaban J connectivity index is 1.96. The molecule has 23 heavy (non-hydrogen) atoms. The maximum atomic E-state index is 12.0. The van der Waals surface area contributed by atoms with Gasteiger partial charge in [0, 0.05) is 6.54 Å². The van der Waals surface area contributed by atoms with E-state index in [9.17, 15) is 9.59 Å². The van der Waals surface area contributed by atoms with E-state index < -0.39 is 6.04 Å². The molecule has 6 nitrogen and oxygen atoms in total. The molecule has 1 aromatic rings. The average Bonchev–Trinajstić information content (AvgIpc) is 2.53. The Kier molecular flexibility index (Phi) is 6.12. The maximum absolute atomic E-state index is 12.0. The van der Waals surface area contributed by atoms with E-state index in [0.717, 1.165) is 5.56 Å². The highest BCUT2D eigenvalue weighted by molar-refractivity contribution is 5.81. The first-order valence-corrected chi connectivity index (χ1v) is 7.96. The van der Waals surface area contributed by atoms with Gasteiger partial charge in [-0.2, -0.15) is 0 Å². The van der Waals surface area contributed by atoms with Crippen molar-refractivity contribution in [3.8, 4) is 0 Å². The quantitative estimate of drug-likeness (QED) is 0.721. The lowest BCUT2D eigenvalue weighted by atomic mass is 9.99. The van der Waals surface area contributed by atoms with E-state index in [1.807, 2.05) is 44.2 Å². The van der Waals surface area contributed by atoms with Gasteiger partial charge in [-0.3, -0.25) is 9.59 Å². The highest BCUT2D eigenvalue weighted by Gasteiger charge is 2.31. The highest BCUT2D eigenvalue weighted by atomic mass is 16.5. The van der Waals surface area contributed by atoms with E-state index >= 15 is 0 Å². The molecule has 0 aromatic heterocycles. The third-order valence-corrected chi connectivity index (χ3v) is 3.82. The predicted octanol–water partition coefficient (Wildman–Crippen LogP) is 0.732. The van der Waals surface area contributed by atoms with Gasteiger partial charge in [-0.05, 0) is 17.9 Å². The van der Waals surface area contributed by atoms with Crippen LogP contribution in [0.2, 0.25) is 0 Å². The van der Waals surface area contributed by atoms with Crippen LogP contribution in [0.5, 0.6) is 0 Å². The van der Waals surface area contributed by atoms with Crippen molar-refractivity contribution in [3.05, 3.63) is 35.9 Å². The van der Waals surface area contributed by atoms with Crippen molar-refractivity contribution in [2.45, 2.75) is 38.5 Å². The fourth-order valence-corrected chi connectivity index (χ4v) is 2.67. The van der Waals surface area contributed by atoms with Gasteiger partial charge in [0.05, 0.1) is 18.2 Å². The van der Waals surface area contributed by atoms with Gasteiger partial charge in [-0.25, -0.2) is 0 Å². The van der Waals surface area contributed by atoms with E-state index in [2.05, 4.69) is 10.6 Å². The molecule has 2 rings (SSSR count). The Morgan fingerprint density at radius 1 is 1.39 bits per heavy atom. The molecular formula is C17H25N3O3. The molecule has 0 radical (unpaired) electrons. The monoisotopic (exact) mass is 319 g/mol. The van der Waals surface area contributed by atoms with Gasteiger partial charge in [-0.15, -0.1) is 0 Å². The minimum Gasteiger partial charge on any atom is -0.364 e. The fraction of sp³-hybridized carbons (Fsp3) is 0.529. The summed E-state index contributed by atoms with van der Waals surface area (Å²) in [7, 11) is 0. The SMILES string of the molecule is CC(C)C[C@@H](N)C(=O)NC[C@@H]1OCC(=O)N[C@@H]1c1ccccc1. The minimum absolute atomic E-state index is 0.00190. The summed E-state index contributed by atoms with van der Waals surface area (Å²) in [6.07, 6.45) is 0.321. The van der Waals surface area contributed by atoms with Gasteiger partial charge < -0.3 is 21.1 Å². The summed E-state index contributed by atoms with van der Waals surface area (Å²) in [4.78, 5) is 23.7. The number of hydrogen-bond donors (Lipinski definition) is 3. The van der Waals surface area contributed by atoms with Gasteiger partial charge in [0.15, 0.2) is 0 Å². The maximum Gasteiger partial charge on any atom is 0.246 e. The van der Waals surface area contributed by atoms with E-state index in [-0.39, 0.29) is 30.6 Å². The van der Waals surface area contributed by atoms with Crippen molar-refractivity contribution in [3.63, 3.8) is 0 Å². The van der Waals surface area contributed by atoms with Gasteiger partial charge >= 0.3 is 0 Å². The first-order valence-electron chi connectivity index (χ1n) is 7.96. The number of rotatable bonds is 6. The van der Waals surface area contributed by atoms with Crippen LogP contribution in [0.1, 0.15) is 31.9 Å². The van der Waals surface area contributed by atoms with Crippen molar-refractivity contribution in [1.82, 2.24) is 10.6 Å². The molecule has 6 heteroatoms. The number of nitrogens with two attached hydrogens (primary N) is 1. The second-order valence-electron chi connectivity index (χ2n) is 6.29. The van der Waals surface area contributed by atoms with Crippen LogP contribution in [-0.2, 0) is 14.3 Å². The number of hydrogen-bond acceptors (Lipinski definition) is 4. The van der Waals surface area contributed by atoms with E-state index in [0.29, 0.717) is 18.9 Å². The summed E-state index contributed by atoms with van der Waals surface area (Å²) in [5, 5.41) is 5.75. The van der Waals surface area contributed by atoms with Crippen LogP contribution in [-0.4, -0.2) is 37.1 Å². The number of nitrogens with one attached hydrogen (secondary N) is 2. The summed E-state index contributed by atoms with van der Waals surface area (Å²) < 4.78 is 5.60. The van der Waals surface area contributed by atoms with Crippen LogP contribution in [0.3, 0.4) is 0 Å². The fourth-order valence-electron chi connectivity index (χ4n) is 2.67. The van der Waals surface area contributed by atoms with E-state index in [1.165, 1.54) is 0 Å². The summed E-state index contributed by atoms with van der Waals surface area (Å²) in [6.45, 7) is 4.36. The molecular weight excluding hydrogens is 294 g/mol. The molecule has 0 unspecified atom stereocenters. The molecule has 0 bridgehead atoms. The molecule has 1 aromatic carbocycles. The Labute approximate surface area is 136 Å². The molecule has 2 amide bonds. The van der Waals surface area contributed by atoms with Crippen molar-refractivity contribution >= 4 is 11.8 Å². The minimum atomic E-state index is -0.525. The number of ether oxygens (including phenoxy) is 1. The first kappa shape index (κ1) is 17.4. The molecule has 1 saturated heterocycles. The second-order valence-corrected chi connectivity index (χ2v) is 6.29. The number of benzene rings is 1. The Bertz CT molecular complexity index is 533. The third-order valence-electron chi connectivity index (χ3n) is 3.82. The van der Waals surface area contributed by atoms with Crippen LogP contribution >= 0.6 is 0 Å². The van der Waals surface area contributed by atoms with Gasteiger partial charge in [0.1, 0.15) is 6.61 Å². The molecule has 1 heterocycles. The predicted molar refractivity (Wildman–Crippen MR) is 87.5 cm³/mol. The first-order chi connectivity index (χ1) is 11.0. The third kappa shape index (κ3) is 5.04. The lowest BCUT2D eigenvalue weighted by Crippen LogP contribution is -2.52. The van der Waals surface area contributed by atoms with Crippen molar-refractivity contribution in [2.24, 2.45) is 11.7 Å². The summed E-state index contributed by atoms with van der Waals surface area (Å²) in [5.74, 6) is 0.0157. The van der Waals surface area contributed by atoms with Gasteiger partial charge in [0.25, 0.3) is 0 Å². The number of carbonyl (C=O) groups is 2. The second kappa shape index (κ2) is 8.08.